The van der Waals surface area contributed by atoms with Gasteiger partial charge in [0, 0.05) is 11.6 Å². The minimum absolute atomic E-state index is 0.372. The van der Waals surface area contributed by atoms with Gasteiger partial charge in [0.2, 0.25) is 5.91 Å². The molecule has 0 atom stereocenters. The summed E-state index contributed by atoms with van der Waals surface area (Å²) in [6.07, 6.45) is -4.61. The number of anilines is 1. The molecule has 1 heterocycles. The summed E-state index contributed by atoms with van der Waals surface area (Å²) in [5, 5.41) is 6.35. The second kappa shape index (κ2) is 7.67. The second-order valence-corrected chi connectivity index (χ2v) is 6.17. The molecule has 1 N–H and O–H groups in total. The summed E-state index contributed by atoms with van der Waals surface area (Å²) in [6, 6.07) is 14.8. The Hall–Kier alpha value is -3.42. The van der Waals surface area contributed by atoms with E-state index >= 15 is 0 Å². The first kappa shape index (κ1) is 19.3. The van der Waals surface area contributed by atoms with Crippen molar-refractivity contribution in [2.75, 3.05) is 5.32 Å². The third kappa shape index (κ3) is 4.46. The quantitative estimate of drug-likeness (QED) is 0.739. The van der Waals surface area contributed by atoms with Crippen molar-refractivity contribution in [1.29, 1.82) is 0 Å². The van der Waals surface area contributed by atoms with Gasteiger partial charge >= 0.3 is 6.18 Å². The first-order chi connectivity index (χ1) is 13.2. The van der Waals surface area contributed by atoms with Crippen molar-refractivity contribution in [2.45, 2.75) is 19.6 Å². The van der Waals surface area contributed by atoms with Crippen LogP contribution in [-0.2, 0) is 17.5 Å². The number of carbonyl (C=O) groups is 1. The van der Waals surface area contributed by atoms with Crippen molar-refractivity contribution in [1.82, 2.24) is 9.78 Å². The Morgan fingerprint density at radius 3 is 2.39 bits per heavy atom. The number of nitrogens with one attached hydrogen (secondary N) is 1. The Kier molecular flexibility index (Phi) is 5.30. The Morgan fingerprint density at radius 2 is 1.71 bits per heavy atom. The van der Waals surface area contributed by atoms with E-state index in [-0.39, 0.29) is 5.69 Å². The van der Waals surface area contributed by atoms with E-state index in [0.29, 0.717) is 5.69 Å². The lowest BCUT2D eigenvalue weighted by Gasteiger charge is -2.14. The predicted octanol–water partition coefficient (Wildman–Crippen LogP) is 3.88. The van der Waals surface area contributed by atoms with Gasteiger partial charge in [0.05, 0.1) is 16.9 Å². The average Bonchev–Trinajstić information content (AvgIpc) is 2.64. The van der Waals surface area contributed by atoms with Crippen LogP contribution in [0.3, 0.4) is 0 Å². The van der Waals surface area contributed by atoms with Crippen molar-refractivity contribution >= 4 is 11.6 Å². The van der Waals surface area contributed by atoms with Crippen LogP contribution >= 0.6 is 0 Å². The lowest BCUT2D eigenvalue weighted by atomic mass is 10.1. The molecule has 0 aliphatic carbocycles. The van der Waals surface area contributed by atoms with Crippen molar-refractivity contribution in [2.24, 2.45) is 0 Å². The van der Waals surface area contributed by atoms with Gasteiger partial charge in [-0.2, -0.15) is 18.3 Å². The Morgan fingerprint density at radius 1 is 1.04 bits per heavy atom. The molecule has 28 heavy (non-hydrogen) atoms. The fraction of sp³-hybridized carbons (Fsp3) is 0.150. The van der Waals surface area contributed by atoms with Crippen LogP contribution in [0.25, 0.3) is 11.3 Å². The molecule has 1 aromatic heterocycles. The largest absolute Gasteiger partial charge is 0.418 e. The predicted molar refractivity (Wildman–Crippen MR) is 98.7 cm³/mol. The summed E-state index contributed by atoms with van der Waals surface area (Å²) in [6.45, 7) is 1.42. The molecule has 3 aromatic rings. The zero-order valence-electron chi connectivity index (χ0n) is 14.8. The first-order valence-electron chi connectivity index (χ1n) is 8.35. The lowest BCUT2D eigenvalue weighted by Crippen LogP contribution is -2.29. The zero-order chi connectivity index (χ0) is 20.3. The van der Waals surface area contributed by atoms with Crippen LogP contribution in [0.2, 0.25) is 0 Å². The monoisotopic (exact) mass is 387 g/mol. The van der Waals surface area contributed by atoms with Gasteiger partial charge in [0.15, 0.2) is 0 Å². The molecule has 0 spiro atoms. The minimum atomic E-state index is -4.61. The Labute approximate surface area is 158 Å². The molecule has 0 saturated heterocycles. The van der Waals surface area contributed by atoms with E-state index < -0.39 is 29.8 Å². The molecule has 0 unspecified atom stereocenters. The fourth-order valence-corrected chi connectivity index (χ4v) is 2.61. The summed E-state index contributed by atoms with van der Waals surface area (Å²) < 4.78 is 40.0. The molecule has 144 valence electrons. The van der Waals surface area contributed by atoms with Crippen LogP contribution in [-0.4, -0.2) is 15.7 Å². The van der Waals surface area contributed by atoms with E-state index in [1.165, 1.54) is 24.3 Å². The number of hydrogen-bond donors (Lipinski definition) is 1. The molecular formula is C20H16F3N3O2. The summed E-state index contributed by atoms with van der Waals surface area (Å²) in [7, 11) is 0. The third-order valence-corrected chi connectivity index (χ3v) is 4.01. The van der Waals surface area contributed by atoms with E-state index in [1.807, 2.05) is 31.2 Å². The van der Waals surface area contributed by atoms with Crippen LogP contribution < -0.4 is 10.9 Å². The molecule has 5 nitrogen and oxygen atoms in total. The third-order valence-electron chi connectivity index (χ3n) is 4.01. The highest BCUT2D eigenvalue weighted by Gasteiger charge is 2.33. The number of aryl methyl sites for hydroxylation is 1. The highest BCUT2D eigenvalue weighted by atomic mass is 19.4. The molecule has 0 bridgehead atoms. The van der Waals surface area contributed by atoms with Crippen LogP contribution in [0, 0.1) is 6.92 Å². The maximum atomic E-state index is 13.0. The topological polar surface area (TPSA) is 64.0 Å². The molecule has 0 saturated carbocycles. The van der Waals surface area contributed by atoms with Crippen molar-refractivity contribution < 1.29 is 18.0 Å². The van der Waals surface area contributed by atoms with E-state index in [4.69, 9.17) is 0 Å². The first-order valence-corrected chi connectivity index (χ1v) is 8.35. The van der Waals surface area contributed by atoms with Crippen LogP contribution in [0.4, 0.5) is 18.9 Å². The number of halogens is 3. The summed E-state index contributed by atoms with van der Waals surface area (Å²) in [5.74, 6) is -0.785. The van der Waals surface area contributed by atoms with Gasteiger partial charge in [-0.25, -0.2) is 4.68 Å². The van der Waals surface area contributed by atoms with Crippen molar-refractivity contribution in [3.8, 4) is 11.3 Å². The number of aromatic nitrogens is 2. The van der Waals surface area contributed by atoms with Gasteiger partial charge in [-0.15, -0.1) is 0 Å². The van der Waals surface area contributed by atoms with Crippen LogP contribution in [0.1, 0.15) is 11.1 Å². The summed E-state index contributed by atoms with van der Waals surface area (Å²) in [5.41, 5.74) is 0.417. The molecule has 0 radical (unpaired) electrons. The molecular weight excluding hydrogens is 371 g/mol. The molecule has 3 rings (SSSR count). The molecule has 0 aliphatic rings. The molecule has 0 fully saturated rings. The van der Waals surface area contributed by atoms with Gasteiger partial charge in [-0.05, 0) is 25.1 Å². The van der Waals surface area contributed by atoms with Crippen LogP contribution in [0.15, 0.2) is 65.5 Å². The van der Waals surface area contributed by atoms with Crippen LogP contribution in [0.5, 0.6) is 0 Å². The minimum Gasteiger partial charge on any atom is -0.324 e. The SMILES string of the molecule is Cc1ccc(-c2ccc(=O)n(CC(=O)Nc3ccccc3C(F)(F)F)n2)cc1. The number of amides is 1. The fourth-order valence-electron chi connectivity index (χ4n) is 2.61. The van der Waals surface area contributed by atoms with E-state index in [1.54, 1.807) is 0 Å². The zero-order valence-corrected chi connectivity index (χ0v) is 14.8. The number of para-hydroxylation sites is 1. The molecule has 0 aliphatic heterocycles. The smallest absolute Gasteiger partial charge is 0.324 e. The Bertz CT molecular complexity index is 1060. The molecule has 1 amide bonds. The van der Waals surface area contributed by atoms with E-state index in [9.17, 15) is 22.8 Å². The lowest BCUT2D eigenvalue weighted by molar-refractivity contribution is -0.137. The van der Waals surface area contributed by atoms with Crippen molar-refractivity contribution in [3.63, 3.8) is 0 Å². The maximum Gasteiger partial charge on any atom is 0.418 e. The Balaban J connectivity index is 1.83. The van der Waals surface area contributed by atoms with E-state index in [2.05, 4.69) is 10.4 Å². The number of carbonyl (C=O) groups excluding carboxylic acids is 1. The highest BCUT2D eigenvalue weighted by molar-refractivity contribution is 5.91. The maximum absolute atomic E-state index is 13.0. The van der Waals surface area contributed by atoms with E-state index in [0.717, 1.165) is 27.9 Å². The molecule has 2 aromatic carbocycles. The number of nitrogens with zero attached hydrogens (tertiary/aromatic N) is 2. The van der Waals surface area contributed by atoms with Gasteiger partial charge in [-0.3, -0.25) is 9.59 Å². The average molecular weight is 387 g/mol. The van der Waals surface area contributed by atoms with Gasteiger partial charge in [0.25, 0.3) is 5.56 Å². The highest BCUT2D eigenvalue weighted by Crippen LogP contribution is 2.34. The summed E-state index contributed by atoms with van der Waals surface area (Å²) in [4.78, 5) is 24.2. The number of hydrogen-bond acceptors (Lipinski definition) is 3. The van der Waals surface area contributed by atoms with Gasteiger partial charge in [0.1, 0.15) is 6.54 Å². The second-order valence-electron chi connectivity index (χ2n) is 6.17. The summed E-state index contributed by atoms with van der Waals surface area (Å²) >= 11 is 0. The van der Waals surface area contributed by atoms with Crippen molar-refractivity contribution in [3.05, 3.63) is 82.1 Å². The standard InChI is InChI=1S/C20H16F3N3O2/c1-13-6-8-14(9-7-13)16-10-11-19(28)26(25-16)12-18(27)24-17-5-3-2-4-15(17)20(21,22)23/h2-11H,12H2,1H3,(H,24,27). The number of alkyl halides is 3. The van der Waals surface area contributed by atoms with Gasteiger partial charge in [-0.1, -0.05) is 42.0 Å². The molecule has 8 heteroatoms. The van der Waals surface area contributed by atoms with Gasteiger partial charge < -0.3 is 5.32 Å². The number of benzene rings is 2. The normalized spacial score (nSPS) is 11.3. The number of rotatable bonds is 4.